The molecule has 7 rings (SSSR count). The van der Waals surface area contributed by atoms with Crippen molar-refractivity contribution in [3.63, 3.8) is 0 Å². The monoisotopic (exact) mass is 717 g/mol. The Labute approximate surface area is 308 Å². The molecule has 10 nitrogen and oxygen atoms in total. The second kappa shape index (κ2) is 16.6. The molecule has 0 spiro atoms. The summed E-state index contributed by atoms with van der Waals surface area (Å²) < 4.78 is 7.13. The van der Waals surface area contributed by atoms with Gasteiger partial charge >= 0.3 is 0 Å². The predicted octanol–water partition coefficient (Wildman–Crippen LogP) is 4.62. The van der Waals surface area contributed by atoms with E-state index in [0.717, 1.165) is 51.6 Å². The Morgan fingerprint density at radius 2 is 1.75 bits per heavy atom. The first-order valence-electron chi connectivity index (χ1n) is 20.9. The lowest BCUT2D eigenvalue weighted by atomic mass is 9.45. The molecule has 10 heteroatoms. The molecular formula is C41H72N4O6. The van der Waals surface area contributed by atoms with Crippen molar-refractivity contribution in [2.24, 2.45) is 58.7 Å². The van der Waals surface area contributed by atoms with E-state index in [2.05, 4.69) is 50.4 Å². The number of nitrogens with one attached hydrogen (secondary N) is 2. The summed E-state index contributed by atoms with van der Waals surface area (Å²) in [5.74, 6) is 2.52. The number of carbonyl (C=O) groups is 2. The molecule has 4 N–H and O–H groups in total. The summed E-state index contributed by atoms with van der Waals surface area (Å²) in [4.78, 5) is 36.3. The van der Waals surface area contributed by atoms with Crippen LogP contribution < -0.4 is 10.6 Å². The second-order valence-corrected chi connectivity index (χ2v) is 18.8. The Bertz CT molecular complexity index is 1180. The topological polar surface area (TPSA) is 124 Å². The van der Waals surface area contributed by atoms with Gasteiger partial charge < -0.3 is 30.5 Å². The fraction of sp³-hybridized carbons (Fsp3) is 0.951. The molecule has 1 aliphatic heterocycles. The van der Waals surface area contributed by atoms with Crippen LogP contribution in [0.1, 0.15) is 111 Å². The number of fused-ring (bicyclic) bond motifs is 2. The highest BCUT2D eigenvalue weighted by Gasteiger charge is 2.58. The number of rotatable bonds is 12. The third kappa shape index (κ3) is 8.22. The van der Waals surface area contributed by atoms with Crippen LogP contribution in [0.5, 0.6) is 0 Å². The van der Waals surface area contributed by atoms with Crippen LogP contribution in [0.25, 0.3) is 0 Å². The van der Waals surface area contributed by atoms with Crippen LogP contribution in [0.3, 0.4) is 0 Å². The number of hydroxylamine groups is 2. The van der Waals surface area contributed by atoms with E-state index in [0.29, 0.717) is 53.5 Å². The summed E-state index contributed by atoms with van der Waals surface area (Å²) in [5.41, 5.74) is 0.322. The first-order chi connectivity index (χ1) is 24.3. The average molecular weight is 717 g/mol. The minimum Gasteiger partial charge on any atom is -0.394 e. The second-order valence-electron chi connectivity index (χ2n) is 18.8. The number of ether oxygens (including phenoxy) is 1. The molecule has 0 radical (unpaired) electrons. The summed E-state index contributed by atoms with van der Waals surface area (Å²) in [6.07, 6.45) is 13.0. The third-order valence-corrected chi connectivity index (χ3v) is 15.4. The first kappa shape index (κ1) is 39.4. The van der Waals surface area contributed by atoms with Crippen LogP contribution in [0.4, 0.5) is 0 Å². The highest BCUT2D eigenvalue weighted by Crippen LogP contribution is 2.61. The number of hydrogen-bond acceptors (Lipinski definition) is 8. The van der Waals surface area contributed by atoms with Crippen LogP contribution in [-0.4, -0.2) is 109 Å². The van der Waals surface area contributed by atoms with Crippen molar-refractivity contribution in [2.45, 2.75) is 148 Å². The lowest BCUT2D eigenvalue weighted by Gasteiger charge is -2.62. The zero-order valence-electron chi connectivity index (χ0n) is 32.9. The number of hydrogen-bond donors (Lipinski definition) is 4. The molecule has 292 valence electrons. The summed E-state index contributed by atoms with van der Waals surface area (Å²) in [5, 5.41) is 29.8. The molecule has 0 aromatic carbocycles. The maximum atomic E-state index is 14.4. The molecule has 2 bridgehead atoms. The molecule has 0 aromatic rings. The minimum atomic E-state index is -0.816. The number of nitrogens with zero attached hydrogens (tertiary/aromatic N) is 2. The quantitative estimate of drug-likeness (QED) is 0.231. The van der Waals surface area contributed by atoms with Gasteiger partial charge in [-0.25, -0.2) is 0 Å². The van der Waals surface area contributed by atoms with Gasteiger partial charge in [0.2, 0.25) is 11.8 Å². The molecule has 6 saturated carbocycles. The molecule has 7 fully saturated rings. The summed E-state index contributed by atoms with van der Waals surface area (Å²) >= 11 is 0. The van der Waals surface area contributed by atoms with E-state index in [1.165, 1.54) is 38.5 Å². The van der Waals surface area contributed by atoms with Crippen LogP contribution in [0.2, 0.25) is 0 Å². The fourth-order valence-electron chi connectivity index (χ4n) is 12.1. The van der Waals surface area contributed by atoms with Crippen LogP contribution in [0, 0.1) is 58.7 Å². The fourth-order valence-corrected chi connectivity index (χ4v) is 12.1. The highest BCUT2D eigenvalue weighted by molar-refractivity contribution is 5.83. The van der Waals surface area contributed by atoms with Crippen molar-refractivity contribution in [1.29, 1.82) is 0 Å². The summed E-state index contributed by atoms with van der Waals surface area (Å²) in [7, 11) is 6.03. The molecule has 51 heavy (non-hydrogen) atoms. The van der Waals surface area contributed by atoms with Crippen LogP contribution in [0.15, 0.2) is 0 Å². The van der Waals surface area contributed by atoms with E-state index >= 15 is 0 Å². The van der Waals surface area contributed by atoms with Gasteiger partial charge in [0.05, 0.1) is 18.8 Å². The van der Waals surface area contributed by atoms with E-state index in [1.807, 2.05) is 5.06 Å². The number of amides is 2. The van der Waals surface area contributed by atoms with E-state index in [9.17, 15) is 19.8 Å². The van der Waals surface area contributed by atoms with Gasteiger partial charge in [-0.15, -0.1) is 0 Å². The average Bonchev–Trinajstić information content (AvgIpc) is 3.50. The highest BCUT2D eigenvalue weighted by atomic mass is 16.7. The Balaban J connectivity index is 1.24. The molecule has 1 heterocycles. The molecule has 6 aliphatic carbocycles. The number of aliphatic hydroxyl groups excluding tert-OH is 2. The molecule has 7 aliphatic rings. The largest absolute Gasteiger partial charge is 0.394 e. The normalized spacial score (nSPS) is 42.3. The number of carbonyl (C=O) groups excluding carboxylic acids is 2. The summed E-state index contributed by atoms with van der Waals surface area (Å²) in [6.45, 7) is 9.79. The zero-order chi connectivity index (χ0) is 36.6. The Hall–Kier alpha value is -1.30. The Morgan fingerprint density at radius 1 is 1.00 bits per heavy atom. The van der Waals surface area contributed by atoms with E-state index in [-0.39, 0.29) is 42.4 Å². The smallest absolute Gasteiger partial charge is 0.240 e. The van der Waals surface area contributed by atoms with E-state index in [4.69, 9.17) is 9.57 Å². The van der Waals surface area contributed by atoms with Gasteiger partial charge in [0.25, 0.3) is 0 Å². The Morgan fingerprint density at radius 3 is 2.37 bits per heavy atom. The molecule has 14 atom stereocenters. The van der Waals surface area contributed by atoms with Crippen molar-refractivity contribution in [3.05, 3.63) is 0 Å². The molecule has 0 aromatic heterocycles. The first-order valence-corrected chi connectivity index (χ1v) is 20.9. The summed E-state index contributed by atoms with van der Waals surface area (Å²) in [6, 6.07) is -0.240. The van der Waals surface area contributed by atoms with Gasteiger partial charge in [0.1, 0.15) is 12.1 Å². The zero-order valence-corrected chi connectivity index (χ0v) is 32.9. The van der Waals surface area contributed by atoms with Crippen molar-refractivity contribution in [1.82, 2.24) is 20.6 Å². The SMILES string of the molecule is CNC(=O)C1CC(C2CCCC(CN3O[C@@H](CO)[C@@H]([C@H](C)O)[C@H]3C(=O)NC3C[C@H]4C[C@@H]([C@@H]3C)C4(C)C)C2OCC2CCCCC2)CC(N(C)C)C1. The minimum absolute atomic E-state index is 0.00451. The molecule has 7 unspecified atom stereocenters. The Kier molecular flexibility index (Phi) is 12.8. The van der Waals surface area contributed by atoms with Crippen molar-refractivity contribution in [3.8, 4) is 0 Å². The van der Waals surface area contributed by atoms with E-state index < -0.39 is 24.2 Å². The standard InChI is InChI=1S/C41H72N4O6/c1-24-33-19-30(41(33,3)4)20-34(24)43-40(49)37-36(25(2)47)35(22-46)51-45(37)21-27-14-11-15-32(38(27)50-23-26-12-9-8-10-13-26)28-16-29(39(48)42-5)18-31(17-28)44(6)7/h24-38,46-47H,8-23H2,1-7H3,(H,42,48)(H,43,49)/t24-,25-,27?,28?,29?,30+,31?,32?,33-,34?,35-,36+,37-,38?/m0/s1. The van der Waals surface area contributed by atoms with Gasteiger partial charge in [0.15, 0.2) is 0 Å². The lowest BCUT2D eigenvalue weighted by molar-refractivity contribution is -0.196. The van der Waals surface area contributed by atoms with Gasteiger partial charge in [-0.1, -0.05) is 46.5 Å². The van der Waals surface area contributed by atoms with Crippen LogP contribution >= 0.6 is 0 Å². The van der Waals surface area contributed by atoms with Gasteiger partial charge in [-0.3, -0.25) is 14.4 Å². The molecule has 1 saturated heterocycles. The molecular weight excluding hydrogens is 644 g/mol. The number of aliphatic hydroxyl groups is 2. The van der Waals surface area contributed by atoms with Crippen molar-refractivity contribution >= 4 is 11.8 Å². The predicted molar refractivity (Wildman–Crippen MR) is 198 cm³/mol. The molecule has 2 amide bonds. The van der Waals surface area contributed by atoms with Gasteiger partial charge in [-0.05, 0) is 120 Å². The van der Waals surface area contributed by atoms with Crippen molar-refractivity contribution in [2.75, 3.05) is 40.9 Å². The van der Waals surface area contributed by atoms with Crippen LogP contribution in [-0.2, 0) is 19.2 Å². The van der Waals surface area contributed by atoms with Gasteiger partial charge in [0, 0.05) is 50.0 Å². The van der Waals surface area contributed by atoms with Crippen molar-refractivity contribution < 1.29 is 29.4 Å². The maximum absolute atomic E-state index is 14.4. The maximum Gasteiger partial charge on any atom is 0.240 e. The van der Waals surface area contributed by atoms with Gasteiger partial charge in [-0.2, -0.15) is 5.06 Å². The van der Waals surface area contributed by atoms with E-state index in [1.54, 1.807) is 14.0 Å². The third-order valence-electron chi connectivity index (χ3n) is 15.4. The lowest BCUT2D eigenvalue weighted by Crippen LogP contribution is -2.62.